The van der Waals surface area contributed by atoms with Crippen LogP contribution in [-0.4, -0.2) is 35.1 Å². The lowest BCUT2D eigenvalue weighted by Crippen LogP contribution is -2.37. The Hall–Kier alpha value is -0.870. The van der Waals surface area contributed by atoms with Gasteiger partial charge in [-0.25, -0.2) is 0 Å². The van der Waals surface area contributed by atoms with Gasteiger partial charge in [0.1, 0.15) is 6.04 Å². The molecule has 0 aliphatic carbocycles. The molecule has 1 aromatic heterocycles. The van der Waals surface area contributed by atoms with E-state index in [0.717, 1.165) is 32.4 Å². The topological polar surface area (TPSA) is 40.5 Å². The smallest absolute Gasteiger partial charge is 0.320 e. The van der Waals surface area contributed by atoms with E-state index in [0.29, 0.717) is 0 Å². The highest BCUT2D eigenvalue weighted by atomic mass is 32.1. The number of nitrogens with zero attached hydrogens (tertiary/aromatic N) is 1. The lowest BCUT2D eigenvalue weighted by molar-refractivity contribution is -0.142. The van der Waals surface area contributed by atoms with Gasteiger partial charge in [-0.05, 0) is 48.2 Å². The predicted molar refractivity (Wildman–Crippen MR) is 60.3 cm³/mol. The van der Waals surface area contributed by atoms with Crippen LogP contribution in [0.3, 0.4) is 0 Å². The van der Waals surface area contributed by atoms with E-state index in [1.54, 1.807) is 11.3 Å². The van der Waals surface area contributed by atoms with E-state index >= 15 is 0 Å². The summed E-state index contributed by atoms with van der Waals surface area (Å²) in [5, 5.41) is 13.2. The molecule has 1 aliphatic rings. The maximum atomic E-state index is 10.9. The molecule has 1 fully saturated rings. The van der Waals surface area contributed by atoms with Gasteiger partial charge in [0.15, 0.2) is 0 Å². The molecule has 2 heterocycles. The van der Waals surface area contributed by atoms with Crippen LogP contribution in [0.15, 0.2) is 16.8 Å². The van der Waals surface area contributed by atoms with Crippen molar-refractivity contribution in [2.75, 3.05) is 13.1 Å². The summed E-state index contributed by atoms with van der Waals surface area (Å²) in [6, 6.07) is 1.86. The monoisotopic (exact) mass is 225 g/mol. The van der Waals surface area contributed by atoms with E-state index in [9.17, 15) is 4.79 Å². The lowest BCUT2D eigenvalue weighted by Gasteiger charge is -2.20. The van der Waals surface area contributed by atoms with Crippen molar-refractivity contribution in [2.45, 2.75) is 25.3 Å². The third kappa shape index (κ3) is 2.58. The van der Waals surface area contributed by atoms with Crippen molar-refractivity contribution >= 4 is 17.3 Å². The summed E-state index contributed by atoms with van der Waals surface area (Å²) in [5.41, 5.74) is 1.32. The van der Waals surface area contributed by atoms with Gasteiger partial charge in [-0.15, -0.1) is 0 Å². The summed E-state index contributed by atoms with van der Waals surface area (Å²) in [6.07, 6.45) is 2.78. The van der Waals surface area contributed by atoms with Crippen LogP contribution in [0.5, 0.6) is 0 Å². The predicted octanol–water partition coefficient (Wildman–Crippen LogP) is 1.84. The molecule has 0 spiro atoms. The van der Waals surface area contributed by atoms with Crippen LogP contribution in [0.2, 0.25) is 0 Å². The first-order chi connectivity index (χ1) is 7.27. The maximum absolute atomic E-state index is 10.9. The quantitative estimate of drug-likeness (QED) is 0.850. The molecule has 1 aliphatic heterocycles. The fourth-order valence-corrected chi connectivity index (χ4v) is 2.78. The van der Waals surface area contributed by atoms with E-state index in [4.69, 9.17) is 5.11 Å². The van der Waals surface area contributed by atoms with E-state index in [1.165, 1.54) is 5.56 Å². The molecule has 1 unspecified atom stereocenters. The highest BCUT2D eigenvalue weighted by molar-refractivity contribution is 7.07. The zero-order valence-electron chi connectivity index (χ0n) is 8.56. The van der Waals surface area contributed by atoms with Crippen molar-refractivity contribution < 1.29 is 9.90 Å². The van der Waals surface area contributed by atoms with Crippen LogP contribution >= 0.6 is 11.3 Å². The van der Waals surface area contributed by atoms with Crippen LogP contribution in [0.1, 0.15) is 18.4 Å². The van der Waals surface area contributed by atoms with Gasteiger partial charge in [0, 0.05) is 6.54 Å². The molecule has 1 saturated heterocycles. The maximum Gasteiger partial charge on any atom is 0.320 e. The Kier molecular flexibility index (Phi) is 3.38. The Morgan fingerprint density at radius 1 is 1.67 bits per heavy atom. The SMILES string of the molecule is O=C(O)C1CCCN1CCc1ccsc1. The van der Waals surface area contributed by atoms with Crippen molar-refractivity contribution in [1.29, 1.82) is 0 Å². The number of hydrogen-bond donors (Lipinski definition) is 1. The van der Waals surface area contributed by atoms with Crippen LogP contribution < -0.4 is 0 Å². The molecule has 2 rings (SSSR count). The molecular weight excluding hydrogens is 210 g/mol. The number of rotatable bonds is 4. The Labute approximate surface area is 93.3 Å². The van der Waals surface area contributed by atoms with E-state index in [2.05, 4.69) is 21.7 Å². The van der Waals surface area contributed by atoms with Crippen molar-refractivity contribution in [3.05, 3.63) is 22.4 Å². The third-order valence-electron chi connectivity index (χ3n) is 2.92. The molecular formula is C11H15NO2S. The van der Waals surface area contributed by atoms with E-state index in [-0.39, 0.29) is 6.04 Å². The normalized spacial score (nSPS) is 22.0. The Morgan fingerprint density at radius 2 is 2.53 bits per heavy atom. The van der Waals surface area contributed by atoms with Crippen molar-refractivity contribution in [3.8, 4) is 0 Å². The fourth-order valence-electron chi connectivity index (χ4n) is 2.08. The van der Waals surface area contributed by atoms with E-state index < -0.39 is 5.97 Å². The fraction of sp³-hybridized carbons (Fsp3) is 0.545. The standard InChI is InChI=1S/C11H15NO2S/c13-11(14)10-2-1-5-12(10)6-3-9-4-7-15-8-9/h4,7-8,10H,1-3,5-6H2,(H,13,14). The molecule has 15 heavy (non-hydrogen) atoms. The largest absolute Gasteiger partial charge is 0.480 e. The van der Waals surface area contributed by atoms with Gasteiger partial charge in [0.05, 0.1) is 0 Å². The Bertz CT molecular complexity index is 323. The minimum Gasteiger partial charge on any atom is -0.480 e. The Balaban J connectivity index is 1.86. The summed E-state index contributed by atoms with van der Waals surface area (Å²) < 4.78 is 0. The van der Waals surface area contributed by atoms with Gasteiger partial charge in [-0.1, -0.05) is 0 Å². The number of carbonyl (C=O) groups is 1. The van der Waals surface area contributed by atoms with E-state index in [1.807, 2.05) is 0 Å². The lowest BCUT2D eigenvalue weighted by atomic mass is 10.2. The number of thiophene rings is 1. The first kappa shape index (κ1) is 10.6. The van der Waals surface area contributed by atoms with Gasteiger partial charge >= 0.3 is 5.97 Å². The first-order valence-electron chi connectivity index (χ1n) is 5.25. The average molecular weight is 225 g/mol. The molecule has 1 atom stereocenters. The molecule has 82 valence electrons. The summed E-state index contributed by atoms with van der Waals surface area (Å²) in [4.78, 5) is 13.0. The van der Waals surface area contributed by atoms with Gasteiger partial charge in [-0.3, -0.25) is 9.69 Å². The second-order valence-corrected chi connectivity index (χ2v) is 4.69. The average Bonchev–Trinajstić information content (AvgIpc) is 2.86. The second kappa shape index (κ2) is 4.77. The summed E-state index contributed by atoms with van der Waals surface area (Å²) >= 11 is 1.69. The molecule has 0 bridgehead atoms. The van der Waals surface area contributed by atoms with Gasteiger partial charge in [0.2, 0.25) is 0 Å². The van der Waals surface area contributed by atoms with Crippen LogP contribution in [0.25, 0.3) is 0 Å². The summed E-state index contributed by atoms with van der Waals surface area (Å²) in [7, 11) is 0. The molecule has 0 aromatic carbocycles. The number of aliphatic carboxylic acids is 1. The molecule has 3 nitrogen and oxygen atoms in total. The molecule has 0 amide bonds. The Morgan fingerprint density at radius 3 is 3.20 bits per heavy atom. The highest BCUT2D eigenvalue weighted by Gasteiger charge is 2.29. The molecule has 1 N–H and O–H groups in total. The summed E-state index contributed by atoms with van der Waals surface area (Å²) in [5.74, 6) is -0.669. The van der Waals surface area contributed by atoms with Crippen LogP contribution in [0, 0.1) is 0 Å². The van der Waals surface area contributed by atoms with Gasteiger partial charge in [-0.2, -0.15) is 11.3 Å². The number of likely N-dealkylation sites (tertiary alicyclic amines) is 1. The molecule has 1 aromatic rings. The van der Waals surface area contributed by atoms with Crippen molar-refractivity contribution in [3.63, 3.8) is 0 Å². The number of carboxylic acids is 1. The third-order valence-corrected chi connectivity index (χ3v) is 3.65. The highest BCUT2D eigenvalue weighted by Crippen LogP contribution is 2.18. The van der Waals surface area contributed by atoms with Crippen LogP contribution in [-0.2, 0) is 11.2 Å². The zero-order chi connectivity index (χ0) is 10.7. The zero-order valence-corrected chi connectivity index (χ0v) is 9.37. The number of hydrogen-bond acceptors (Lipinski definition) is 3. The van der Waals surface area contributed by atoms with Crippen molar-refractivity contribution in [1.82, 2.24) is 4.90 Å². The molecule has 0 radical (unpaired) electrons. The number of carboxylic acid groups (broad SMARTS) is 1. The van der Waals surface area contributed by atoms with Crippen molar-refractivity contribution in [2.24, 2.45) is 0 Å². The minimum absolute atomic E-state index is 0.247. The molecule has 4 heteroatoms. The molecule has 0 saturated carbocycles. The summed E-state index contributed by atoms with van der Waals surface area (Å²) in [6.45, 7) is 1.80. The second-order valence-electron chi connectivity index (χ2n) is 3.91. The first-order valence-corrected chi connectivity index (χ1v) is 6.19. The minimum atomic E-state index is -0.669. The van der Waals surface area contributed by atoms with Crippen LogP contribution in [0.4, 0.5) is 0 Å². The van der Waals surface area contributed by atoms with Gasteiger partial charge in [0.25, 0.3) is 0 Å². The van der Waals surface area contributed by atoms with Gasteiger partial charge < -0.3 is 5.11 Å².